The van der Waals surface area contributed by atoms with Crippen molar-refractivity contribution in [3.8, 4) is 0 Å². The average molecular weight is 253 g/mol. The Bertz CT molecular complexity index is 783. The summed E-state index contributed by atoms with van der Waals surface area (Å²) in [4.78, 5) is 8.58. The molecule has 0 unspecified atom stereocenters. The fourth-order valence-electron chi connectivity index (χ4n) is 2.28. The zero-order chi connectivity index (χ0) is 13.4. The van der Waals surface area contributed by atoms with Crippen molar-refractivity contribution in [2.45, 2.75) is 20.4 Å². The number of fused-ring (bicyclic) bond motifs is 1. The van der Waals surface area contributed by atoms with Crippen LogP contribution in [0.2, 0.25) is 0 Å². The summed E-state index contributed by atoms with van der Waals surface area (Å²) in [7, 11) is 0. The molecule has 2 aromatic heterocycles. The van der Waals surface area contributed by atoms with Crippen molar-refractivity contribution in [2.24, 2.45) is 0 Å². The normalized spacial score (nSPS) is 11.1. The quantitative estimate of drug-likeness (QED) is 0.755. The van der Waals surface area contributed by atoms with Crippen LogP contribution in [0.5, 0.6) is 0 Å². The van der Waals surface area contributed by atoms with Gasteiger partial charge in [-0.3, -0.25) is 5.41 Å². The highest BCUT2D eigenvalue weighted by atomic mass is 15.4. The van der Waals surface area contributed by atoms with Gasteiger partial charge in [-0.2, -0.15) is 4.98 Å². The van der Waals surface area contributed by atoms with E-state index < -0.39 is 0 Å². The molecule has 5 heteroatoms. The monoisotopic (exact) mass is 253 g/mol. The van der Waals surface area contributed by atoms with Crippen molar-refractivity contribution >= 4 is 5.78 Å². The SMILES string of the molecule is Cc1cc(C)n2c(n1)nc(=N)n2Cc1ccccc1. The maximum Gasteiger partial charge on any atom is 0.252 e. The number of aromatic nitrogens is 4. The van der Waals surface area contributed by atoms with E-state index in [4.69, 9.17) is 5.41 Å². The molecule has 0 atom stereocenters. The Morgan fingerprint density at radius 2 is 1.84 bits per heavy atom. The summed E-state index contributed by atoms with van der Waals surface area (Å²) in [5.41, 5.74) is 3.32. The van der Waals surface area contributed by atoms with Crippen molar-refractivity contribution in [1.29, 1.82) is 5.41 Å². The van der Waals surface area contributed by atoms with Gasteiger partial charge >= 0.3 is 0 Å². The van der Waals surface area contributed by atoms with E-state index in [2.05, 4.69) is 9.97 Å². The van der Waals surface area contributed by atoms with Crippen molar-refractivity contribution in [3.05, 3.63) is 59.0 Å². The van der Waals surface area contributed by atoms with E-state index in [1.807, 2.05) is 59.4 Å². The smallest absolute Gasteiger partial charge is 0.252 e. The van der Waals surface area contributed by atoms with E-state index in [-0.39, 0.29) is 5.62 Å². The van der Waals surface area contributed by atoms with Gasteiger partial charge in [0.25, 0.3) is 5.78 Å². The predicted molar refractivity (Wildman–Crippen MR) is 71.8 cm³/mol. The average Bonchev–Trinajstić information content (AvgIpc) is 2.67. The molecule has 2 heterocycles. The standard InChI is InChI=1S/C14H15N5/c1-10-8-11(2)19-14(16-10)17-13(15)18(19)9-12-6-4-3-5-7-12/h3-8,15H,9H2,1-2H3. The summed E-state index contributed by atoms with van der Waals surface area (Å²) < 4.78 is 3.72. The number of rotatable bonds is 2. The highest BCUT2D eigenvalue weighted by Gasteiger charge is 2.08. The lowest BCUT2D eigenvalue weighted by Gasteiger charge is -2.08. The van der Waals surface area contributed by atoms with Crippen LogP contribution in [-0.4, -0.2) is 19.2 Å². The Morgan fingerprint density at radius 1 is 1.11 bits per heavy atom. The molecule has 0 aliphatic carbocycles. The Hall–Kier alpha value is -2.43. The van der Waals surface area contributed by atoms with E-state index in [1.54, 1.807) is 0 Å². The van der Waals surface area contributed by atoms with Crippen molar-refractivity contribution < 1.29 is 0 Å². The van der Waals surface area contributed by atoms with Gasteiger partial charge in [-0.1, -0.05) is 30.3 Å². The highest BCUT2D eigenvalue weighted by Crippen LogP contribution is 2.06. The summed E-state index contributed by atoms with van der Waals surface area (Å²) in [6.07, 6.45) is 0. The lowest BCUT2D eigenvalue weighted by atomic mass is 10.2. The van der Waals surface area contributed by atoms with Gasteiger partial charge in [0.2, 0.25) is 5.62 Å². The lowest BCUT2D eigenvalue weighted by molar-refractivity contribution is 0.583. The summed E-state index contributed by atoms with van der Waals surface area (Å²) in [5.74, 6) is 0.582. The van der Waals surface area contributed by atoms with Crippen molar-refractivity contribution in [3.63, 3.8) is 0 Å². The first-order valence-corrected chi connectivity index (χ1v) is 6.17. The van der Waals surface area contributed by atoms with Crippen LogP contribution in [0.4, 0.5) is 0 Å². The molecule has 0 saturated carbocycles. The number of benzene rings is 1. The number of nitrogens with one attached hydrogen (secondary N) is 1. The molecular weight excluding hydrogens is 238 g/mol. The van der Waals surface area contributed by atoms with E-state index in [1.165, 1.54) is 0 Å². The van der Waals surface area contributed by atoms with Gasteiger partial charge in [-0.25, -0.2) is 14.2 Å². The minimum absolute atomic E-state index is 0.227. The molecule has 3 rings (SSSR count). The van der Waals surface area contributed by atoms with Crippen LogP contribution in [0.15, 0.2) is 36.4 Å². The summed E-state index contributed by atoms with van der Waals surface area (Å²) in [6.45, 7) is 4.56. The molecule has 0 spiro atoms. The minimum atomic E-state index is 0.227. The Balaban J connectivity index is 2.19. The third kappa shape index (κ3) is 2.03. The molecule has 0 bridgehead atoms. The third-order valence-electron chi connectivity index (χ3n) is 3.08. The molecule has 19 heavy (non-hydrogen) atoms. The predicted octanol–water partition coefficient (Wildman–Crippen LogP) is 1.68. The van der Waals surface area contributed by atoms with E-state index in [9.17, 15) is 0 Å². The molecule has 96 valence electrons. The Morgan fingerprint density at radius 3 is 2.58 bits per heavy atom. The van der Waals surface area contributed by atoms with Gasteiger partial charge in [-0.05, 0) is 25.5 Å². The summed E-state index contributed by atoms with van der Waals surface area (Å²) in [6, 6.07) is 12.1. The number of nitrogens with zero attached hydrogens (tertiary/aromatic N) is 4. The molecule has 0 aliphatic rings. The van der Waals surface area contributed by atoms with Gasteiger partial charge in [-0.15, -0.1) is 0 Å². The lowest BCUT2D eigenvalue weighted by Crippen LogP contribution is -2.22. The first-order chi connectivity index (χ1) is 9.15. The number of hydrogen-bond donors (Lipinski definition) is 1. The minimum Gasteiger partial charge on any atom is -0.266 e. The van der Waals surface area contributed by atoms with E-state index in [0.717, 1.165) is 17.0 Å². The number of hydrogen-bond acceptors (Lipinski definition) is 3. The molecule has 5 nitrogen and oxygen atoms in total. The fraction of sp³-hybridized carbons (Fsp3) is 0.214. The van der Waals surface area contributed by atoms with Crippen LogP contribution in [0, 0.1) is 19.3 Å². The second kappa shape index (κ2) is 4.35. The highest BCUT2D eigenvalue weighted by molar-refractivity contribution is 5.30. The molecular formula is C14H15N5. The van der Waals surface area contributed by atoms with Crippen LogP contribution in [0.1, 0.15) is 17.0 Å². The van der Waals surface area contributed by atoms with E-state index in [0.29, 0.717) is 12.3 Å². The third-order valence-corrected chi connectivity index (χ3v) is 3.08. The Kier molecular flexibility index (Phi) is 2.67. The van der Waals surface area contributed by atoms with Crippen LogP contribution in [-0.2, 0) is 6.54 Å². The second-order valence-corrected chi connectivity index (χ2v) is 4.63. The summed E-state index contributed by atoms with van der Waals surface area (Å²) in [5, 5.41) is 8.01. The largest absolute Gasteiger partial charge is 0.266 e. The molecule has 0 fully saturated rings. The topological polar surface area (TPSA) is 59.0 Å². The maximum absolute atomic E-state index is 8.01. The number of aryl methyl sites for hydroxylation is 2. The molecule has 0 saturated heterocycles. The van der Waals surface area contributed by atoms with Crippen LogP contribution in [0.25, 0.3) is 5.78 Å². The van der Waals surface area contributed by atoms with Crippen LogP contribution < -0.4 is 5.62 Å². The second-order valence-electron chi connectivity index (χ2n) is 4.63. The van der Waals surface area contributed by atoms with Crippen LogP contribution in [0.3, 0.4) is 0 Å². The van der Waals surface area contributed by atoms with Crippen molar-refractivity contribution in [1.82, 2.24) is 19.2 Å². The van der Waals surface area contributed by atoms with E-state index >= 15 is 0 Å². The van der Waals surface area contributed by atoms with Crippen LogP contribution >= 0.6 is 0 Å². The van der Waals surface area contributed by atoms with Gasteiger partial charge in [0, 0.05) is 11.4 Å². The van der Waals surface area contributed by atoms with Crippen molar-refractivity contribution in [2.75, 3.05) is 0 Å². The first kappa shape index (κ1) is 11.6. The fourth-order valence-corrected chi connectivity index (χ4v) is 2.28. The zero-order valence-corrected chi connectivity index (χ0v) is 11.0. The van der Waals surface area contributed by atoms with Gasteiger partial charge < -0.3 is 0 Å². The molecule has 3 aromatic rings. The molecule has 1 N–H and O–H groups in total. The first-order valence-electron chi connectivity index (χ1n) is 6.17. The summed E-state index contributed by atoms with van der Waals surface area (Å²) >= 11 is 0. The molecule has 0 radical (unpaired) electrons. The van der Waals surface area contributed by atoms with Gasteiger partial charge in [0.1, 0.15) is 0 Å². The molecule has 0 amide bonds. The van der Waals surface area contributed by atoms with Gasteiger partial charge in [0.15, 0.2) is 0 Å². The molecule has 0 aliphatic heterocycles. The van der Waals surface area contributed by atoms with Gasteiger partial charge in [0.05, 0.1) is 6.54 Å². The molecule has 1 aromatic carbocycles. The maximum atomic E-state index is 8.01. The Labute approximate surface area is 110 Å². The zero-order valence-electron chi connectivity index (χ0n) is 11.0.